The Balaban J connectivity index is 2.13. The van der Waals surface area contributed by atoms with Gasteiger partial charge in [0.15, 0.2) is 0 Å². The van der Waals surface area contributed by atoms with Gasteiger partial charge < -0.3 is 9.84 Å². The van der Waals surface area contributed by atoms with E-state index in [4.69, 9.17) is 21.4 Å². The van der Waals surface area contributed by atoms with Crippen molar-refractivity contribution in [1.29, 1.82) is 0 Å². The van der Waals surface area contributed by atoms with Crippen LogP contribution < -0.4 is 4.74 Å². The van der Waals surface area contributed by atoms with Crippen LogP contribution in [-0.4, -0.2) is 28.7 Å². The highest BCUT2D eigenvalue weighted by Gasteiger charge is 2.21. The molecule has 0 aromatic heterocycles. The minimum Gasteiger partial charge on any atom is -0.487 e. The summed E-state index contributed by atoms with van der Waals surface area (Å²) >= 11 is 7.91. The molecule has 1 atom stereocenters. The minimum atomic E-state index is -0.856. The predicted octanol–water partition coefficient (Wildman–Crippen LogP) is 3.02. The number of carboxylic acid groups (broad SMARTS) is 1. The first kappa shape index (κ1) is 12.6. The largest absolute Gasteiger partial charge is 0.487 e. The molecule has 1 aliphatic heterocycles. The number of carbonyl (C=O) groups is 1. The van der Waals surface area contributed by atoms with Crippen molar-refractivity contribution in [2.24, 2.45) is 0 Å². The highest BCUT2D eigenvalue weighted by atomic mass is 35.5. The number of hydrogen-bond acceptors (Lipinski definition) is 3. The molecule has 0 saturated carbocycles. The van der Waals surface area contributed by atoms with Gasteiger partial charge in [-0.05, 0) is 24.6 Å². The monoisotopic (exact) mass is 272 g/mol. The minimum absolute atomic E-state index is 0.236. The molecule has 1 aromatic rings. The van der Waals surface area contributed by atoms with Gasteiger partial charge in [-0.15, -0.1) is 0 Å². The van der Waals surface area contributed by atoms with E-state index in [-0.39, 0.29) is 6.10 Å². The Morgan fingerprint density at radius 2 is 2.29 bits per heavy atom. The van der Waals surface area contributed by atoms with Crippen LogP contribution in [0.3, 0.4) is 0 Å². The number of aliphatic carboxylic acids is 1. The molecule has 1 aliphatic rings. The van der Waals surface area contributed by atoms with E-state index >= 15 is 0 Å². The van der Waals surface area contributed by atoms with E-state index < -0.39 is 11.9 Å². The van der Waals surface area contributed by atoms with Gasteiger partial charge in [-0.1, -0.05) is 17.7 Å². The Bertz CT molecular complexity index is 432. The highest BCUT2D eigenvalue weighted by Crippen LogP contribution is 2.32. The Labute approximate surface area is 109 Å². The molecule has 17 heavy (non-hydrogen) atoms. The van der Waals surface area contributed by atoms with Crippen molar-refractivity contribution >= 4 is 29.3 Å². The van der Waals surface area contributed by atoms with Crippen molar-refractivity contribution in [2.45, 2.75) is 18.9 Å². The lowest BCUT2D eigenvalue weighted by Gasteiger charge is -2.26. The van der Waals surface area contributed by atoms with Crippen LogP contribution in [0, 0.1) is 0 Å². The van der Waals surface area contributed by atoms with E-state index in [1.165, 1.54) is 0 Å². The number of ether oxygens (including phenoxy) is 1. The SMILES string of the molecule is CC(C(=O)O)c1ccc(OC2CSC2)c(Cl)c1. The van der Waals surface area contributed by atoms with Crippen molar-refractivity contribution in [1.82, 2.24) is 0 Å². The normalized spacial score (nSPS) is 17.3. The number of carboxylic acids is 1. The summed E-state index contributed by atoms with van der Waals surface area (Å²) in [7, 11) is 0. The molecule has 0 radical (unpaired) electrons. The third kappa shape index (κ3) is 2.87. The second-order valence-corrected chi connectivity index (χ2v) is 5.51. The van der Waals surface area contributed by atoms with Crippen LogP contribution in [0.15, 0.2) is 18.2 Å². The molecule has 2 rings (SSSR count). The molecule has 0 spiro atoms. The average molecular weight is 273 g/mol. The van der Waals surface area contributed by atoms with Gasteiger partial charge in [0.25, 0.3) is 0 Å². The first-order chi connectivity index (χ1) is 8.08. The quantitative estimate of drug-likeness (QED) is 0.915. The highest BCUT2D eigenvalue weighted by molar-refractivity contribution is 8.00. The molecule has 1 N–H and O–H groups in total. The average Bonchev–Trinajstić information content (AvgIpc) is 2.23. The maximum Gasteiger partial charge on any atom is 0.310 e. The van der Waals surface area contributed by atoms with Gasteiger partial charge >= 0.3 is 5.97 Å². The van der Waals surface area contributed by atoms with Crippen molar-refractivity contribution < 1.29 is 14.6 Å². The van der Waals surface area contributed by atoms with E-state index in [2.05, 4.69) is 0 Å². The standard InChI is InChI=1S/C12H13ClO3S/c1-7(12(14)15)8-2-3-11(10(13)4-8)16-9-5-17-6-9/h2-4,7,9H,5-6H2,1H3,(H,14,15). The smallest absolute Gasteiger partial charge is 0.310 e. The van der Waals surface area contributed by atoms with Gasteiger partial charge in [0, 0.05) is 11.5 Å². The molecule has 3 nitrogen and oxygen atoms in total. The van der Waals surface area contributed by atoms with Gasteiger partial charge in [0.05, 0.1) is 10.9 Å². The van der Waals surface area contributed by atoms with Crippen LogP contribution in [0.2, 0.25) is 5.02 Å². The van der Waals surface area contributed by atoms with Crippen molar-refractivity contribution in [2.75, 3.05) is 11.5 Å². The zero-order chi connectivity index (χ0) is 12.4. The molecule has 0 bridgehead atoms. The summed E-state index contributed by atoms with van der Waals surface area (Å²) in [5, 5.41) is 9.39. The van der Waals surface area contributed by atoms with Gasteiger partial charge in [0.1, 0.15) is 11.9 Å². The summed E-state index contributed by atoms with van der Waals surface area (Å²) in [6.45, 7) is 1.64. The van der Waals surface area contributed by atoms with Crippen LogP contribution in [0.4, 0.5) is 0 Å². The molecule has 1 heterocycles. The summed E-state index contributed by atoms with van der Waals surface area (Å²) in [6, 6.07) is 5.17. The molecule has 1 unspecified atom stereocenters. The molecular weight excluding hydrogens is 260 g/mol. The van der Waals surface area contributed by atoms with Crippen molar-refractivity contribution in [3.63, 3.8) is 0 Å². The van der Waals surface area contributed by atoms with Crippen LogP contribution in [0.5, 0.6) is 5.75 Å². The number of rotatable bonds is 4. The Kier molecular flexibility index (Phi) is 3.84. The van der Waals surface area contributed by atoms with Crippen molar-refractivity contribution in [3.8, 4) is 5.75 Å². The zero-order valence-corrected chi connectivity index (χ0v) is 10.9. The third-order valence-electron chi connectivity index (χ3n) is 2.73. The number of benzene rings is 1. The van der Waals surface area contributed by atoms with E-state index in [0.29, 0.717) is 16.3 Å². The molecular formula is C12H13ClO3S. The number of thioether (sulfide) groups is 1. The van der Waals surface area contributed by atoms with Crippen LogP contribution in [-0.2, 0) is 4.79 Å². The lowest BCUT2D eigenvalue weighted by Crippen LogP contribution is -2.31. The Hall–Kier alpha value is -0.870. The predicted molar refractivity (Wildman–Crippen MR) is 69.2 cm³/mol. The van der Waals surface area contributed by atoms with Crippen molar-refractivity contribution in [3.05, 3.63) is 28.8 Å². The van der Waals surface area contributed by atoms with Crippen LogP contribution >= 0.6 is 23.4 Å². The molecule has 1 fully saturated rings. The summed E-state index contributed by atoms with van der Waals surface area (Å²) < 4.78 is 5.68. The lowest BCUT2D eigenvalue weighted by molar-refractivity contribution is -0.138. The first-order valence-corrected chi connectivity index (χ1v) is 6.88. The molecule has 1 saturated heterocycles. The fourth-order valence-corrected chi connectivity index (χ4v) is 2.28. The lowest BCUT2D eigenvalue weighted by atomic mass is 10.0. The molecule has 1 aromatic carbocycles. The number of halogens is 1. The van der Waals surface area contributed by atoms with E-state index in [0.717, 1.165) is 11.5 Å². The topological polar surface area (TPSA) is 46.5 Å². The fourth-order valence-electron chi connectivity index (χ4n) is 1.49. The fraction of sp³-hybridized carbons (Fsp3) is 0.417. The maximum atomic E-state index is 10.9. The van der Waals surface area contributed by atoms with E-state index in [1.807, 2.05) is 11.8 Å². The molecule has 0 amide bonds. The number of hydrogen-bond donors (Lipinski definition) is 1. The summed E-state index contributed by atoms with van der Waals surface area (Å²) in [4.78, 5) is 10.9. The molecule has 0 aliphatic carbocycles. The first-order valence-electron chi connectivity index (χ1n) is 5.34. The van der Waals surface area contributed by atoms with Gasteiger partial charge in [0.2, 0.25) is 0 Å². The summed E-state index contributed by atoms with van der Waals surface area (Å²) in [5.41, 5.74) is 0.692. The molecule has 92 valence electrons. The van der Waals surface area contributed by atoms with E-state index in [1.54, 1.807) is 25.1 Å². The van der Waals surface area contributed by atoms with Crippen LogP contribution in [0.1, 0.15) is 18.4 Å². The summed E-state index contributed by atoms with van der Waals surface area (Å²) in [5.74, 6) is 1.21. The molecule has 5 heteroatoms. The van der Waals surface area contributed by atoms with Gasteiger partial charge in [-0.25, -0.2) is 0 Å². The Morgan fingerprint density at radius 3 is 2.76 bits per heavy atom. The second-order valence-electron chi connectivity index (χ2n) is 4.03. The van der Waals surface area contributed by atoms with Gasteiger partial charge in [-0.3, -0.25) is 4.79 Å². The zero-order valence-electron chi connectivity index (χ0n) is 9.35. The van der Waals surface area contributed by atoms with Crippen LogP contribution in [0.25, 0.3) is 0 Å². The Morgan fingerprint density at radius 1 is 1.59 bits per heavy atom. The maximum absolute atomic E-state index is 10.9. The second kappa shape index (κ2) is 5.19. The van der Waals surface area contributed by atoms with Gasteiger partial charge in [-0.2, -0.15) is 11.8 Å². The third-order valence-corrected chi connectivity index (χ3v) is 4.24. The summed E-state index contributed by atoms with van der Waals surface area (Å²) in [6.07, 6.45) is 0.236. The van der Waals surface area contributed by atoms with E-state index in [9.17, 15) is 4.79 Å².